The van der Waals surface area contributed by atoms with Gasteiger partial charge in [-0.3, -0.25) is 9.79 Å². The van der Waals surface area contributed by atoms with Crippen LogP contribution in [0.4, 0.5) is 0 Å². The van der Waals surface area contributed by atoms with E-state index in [2.05, 4.69) is 31.0 Å². The van der Waals surface area contributed by atoms with Gasteiger partial charge in [0.05, 0.1) is 6.54 Å². The molecule has 0 aromatic carbocycles. The minimum Gasteiger partial charge on any atom is -0.377 e. The number of fused-ring (bicyclic) bond motifs is 1. The smallest absolute Gasteiger partial charge is 0.223 e. The highest BCUT2D eigenvalue weighted by molar-refractivity contribution is 14.0. The molecule has 1 aromatic heterocycles. The van der Waals surface area contributed by atoms with Gasteiger partial charge in [0.15, 0.2) is 11.8 Å². The fourth-order valence-corrected chi connectivity index (χ4v) is 3.38. The van der Waals surface area contributed by atoms with Crippen LogP contribution in [0.5, 0.6) is 0 Å². The minimum absolute atomic E-state index is 0. The van der Waals surface area contributed by atoms with E-state index in [1.807, 2.05) is 4.68 Å². The number of amides is 1. The molecule has 1 aliphatic carbocycles. The van der Waals surface area contributed by atoms with Gasteiger partial charge in [-0.05, 0) is 25.7 Å². The molecule has 1 saturated carbocycles. The Morgan fingerprint density at radius 2 is 2.07 bits per heavy atom. The van der Waals surface area contributed by atoms with Gasteiger partial charge in [-0.25, -0.2) is 9.67 Å². The molecule has 10 heteroatoms. The first kappa shape index (κ1) is 22.9. The monoisotopic (exact) mass is 505 g/mol. The number of aromatic nitrogens is 3. The quantitative estimate of drug-likeness (QED) is 0.209. The number of rotatable bonds is 8. The predicted octanol–water partition coefficient (Wildman–Crippen LogP) is 0.829. The molecule has 0 bridgehead atoms. The lowest BCUT2D eigenvalue weighted by Crippen LogP contribution is -2.47. The molecule has 0 saturated heterocycles. The predicted molar refractivity (Wildman–Crippen MR) is 118 cm³/mol. The maximum absolute atomic E-state index is 11.8. The Labute approximate surface area is 183 Å². The molecule has 1 fully saturated rings. The van der Waals surface area contributed by atoms with Gasteiger partial charge >= 0.3 is 0 Å². The summed E-state index contributed by atoms with van der Waals surface area (Å²) in [6.45, 7) is 2.68. The van der Waals surface area contributed by atoms with Gasteiger partial charge in [0.1, 0.15) is 12.4 Å². The maximum Gasteiger partial charge on any atom is 0.223 e. The molecule has 3 N–H and O–H groups in total. The molecule has 1 atom stereocenters. The normalized spacial score (nSPS) is 19.2. The van der Waals surface area contributed by atoms with Crippen LogP contribution in [0.2, 0.25) is 0 Å². The van der Waals surface area contributed by atoms with Crippen LogP contribution in [-0.2, 0) is 29.1 Å². The van der Waals surface area contributed by atoms with Crippen molar-refractivity contribution in [1.82, 2.24) is 30.7 Å². The highest BCUT2D eigenvalue weighted by Gasteiger charge is 2.24. The second-order valence-corrected chi connectivity index (χ2v) is 7.21. The third-order valence-electron chi connectivity index (χ3n) is 5.16. The molecule has 28 heavy (non-hydrogen) atoms. The molecule has 1 unspecified atom stereocenters. The first-order chi connectivity index (χ1) is 13.2. The highest BCUT2D eigenvalue weighted by atomic mass is 127. The molecule has 2 heterocycles. The van der Waals surface area contributed by atoms with Crippen LogP contribution in [0.3, 0.4) is 0 Å². The number of aliphatic imine (C=N–C) groups is 1. The SMILES string of the molecule is CN=C(NCCCNC(=O)C1CCC1)NC1CCc2nc(COC)nn2C1.I. The van der Waals surface area contributed by atoms with Crippen molar-refractivity contribution < 1.29 is 9.53 Å². The number of ether oxygens (including phenoxy) is 1. The fourth-order valence-electron chi connectivity index (χ4n) is 3.38. The van der Waals surface area contributed by atoms with Crippen molar-refractivity contribution in [1.29, 1.82) is 0 Å². The molecule has 0 spiro atoms. The summed E-state index contributed by atoms with van der Waals surface area (Å²) in [5, 5.41) is 14.3. The van der Waals surface area contributed by atoms with Gasteiger partial charge in [0.25, 0.3) is 0 Å². The molecule has 158 valence electrons. The lowest BCUT2D eigenvalue weighted by molar-refractivity contribution is -0.127. The maximum atomic E-state index is 11.8. The van der Waals surface area contributed by atoms with Crippen LogP contribution in [0, 0.1) is 5.92 Å². The zero-order valence-corrected chi connectivity index (χ0v) is 19.1. The molecule has 1 amide bonds. The highest BCUT2D eigenvalue weighted by Crippen LogP contribution is 2.26. The number of guanidine groups is 1. The average molecular weight is 505 g/mol. The number of hydrogen-bond acceptors (Lipinski definition) is 5. The number of halogens is 1. The van der Waals surface area contributed by atoms with Gasteiger partial charge in [-0.15, -0.1) is 24.0 Å². The summed E-state index contributed by atoms with van der Waals surface area (Å²) < 4.78 is 7.06. The lowest BCUT2D eigenvalue weighted by Gasteiger charge is -2.25. The number of carbonyl (C=O) groups excluding carboxylic acids is 1. The van der Waals surface area contributed by atoms with Crippen molar-refractivity contribution in [3.63, 3.8) is 0 Å². The van der Waals surface area contributed by atoms with Gasteiger partial charge in [0.2, 0.25) is 5.91 Å². The van der Waals surface area contributed by atoms with Crippen LogP contribution in [0.1, 0.15) is 43.8 Å². The summed E-state index contributed by atoms with van der Waals surface area (Å²) in [7, 11) is 3.42. The first-order valence-corrected chi connectivity index (χ1v) is 9.86. The van der Waals surface area contributed by atoms with E-state index in [4.69, 9.17) is 4.74 Å². The Morgan fingerprint density at radius 1 is 1.29 bits per heavy atom. The minimum atomic E-state index is 0. The summed E-state index contributed by atoms with van der Waals surface area (Å²) in [5.41, 5.74) is 0. The molecule has 1 aromatic rings. The van der Waals surface area contributed by atoms with Crippen molar-refractivity contribution in [3.05, 3.63) is 11.6 Å². The van der Waals surface area contributed by atoms with Crippen molar-refractivity contribution in [2.75, 3.05) is 27.2 Å². The topological polar surface area (TPSA) is 105 Å². The van der Waals surface area contributed by atoms with E-state index in [-0.39, 0.29) is 41.8 Å². The standard InChI is InChI=1S/C18H31N7O2.HI/c1-19-18(21-10-4-9-20-17(26)13-5-3-6-13)22-14-7-8-16-23-15(12-27-2)24-25(16)11-14;/h13-14H,3-12H2,1-2H3,(H,20,26)(H2,19,21,22);1H. The van der Waals surface area contributed by atoms with E-state index in [1.165, 1.54) is 6.42 Å². The number of methoxy groups -OCH3 is 1. The van der Waals surface area contributed by atoms with Gasteiger partial charge in [-0.1, -0.05) is 6.42 Å². The van der Waals surface area contributed by atoms with Gasteiger partial charge in [0, 0.05) is 45.6 Å². The summed E-state index contributed by atoms with van der Waals surface area (Å²) in [5.74, 6) is 3.00. The lowest BCUT2D eigenvalue weighted by atomic mass is 9.85. The fraction of sp³-hybridized carbons (Fsp3) is 0.778. The Bertz CT molecular complexity index is 660. The van der Waals surface area contributed by atoms with Crippen LogP contribution in [-0.4, -0.2) is 59.9 Å². The Kier molecular flexibility index (Phi) is 9.42. The largest absolute Gasteiger partial charge is 0.377 e. The summed E-state index contributed by atoms with van der Waals surface area (Å²) in [4.78, 5) is 20.6. The van der Waals surface area contributed by atoms with Crippen LogP contribution in [0.25, 0.3) is 0 Å². The Hall–Kier alpha value is -1.43. The van der Waals surface area contributed by atoms with E-state index < -0.39 is 0 Å². The van der Waals surface area contributed by atoms with Crippen molar-refractivity contribution in [2.45, 2.75) is 57.7 Å². The van der Waals surface area contributed by atoms with E-state index in [9.17, 15) is 4.79 Å². The average Bonchev–Trinajstić information content (AvgIpc) is 3.00. The van der Waals surface area contributed by atoms with E-state index in [1.54, 1.807) is 14.2 Å². The number of hydrogen-bond donors (Lipinski definition) is 3. The molecule has 9 nitrogen and oxygen atoms in total. The van der Waals surface area contributed by atoms with Crippen LogP contribution in [0.15, 0.2) is 4.99 Å². The second kappa shape index (κ2) is 11.5. The Morgan fingerprint density at radius 3 is 2.75 bits per heavy atom. The van der Waals surface area contributed by atoms with Crippen molar-refractivity contribution >= 4 is 35.8 Å². The Balaban J connectivity index is 0.00000280. The van der Waals surface area contributed by atoms with Crippen molar-refractivity contribution in [3.8, 4) is 0 Å². The summed E-state index contributed by atoms with van der Waals surface area (Å²) in [6.07, 6.45) is 6.02. The van der Waals surface area contributed by atoms with Crippen molar-refractivity contribution in [2.24, 2.45) is 10.9 Å². The number of nitrogens with zero attached hydrogens (tertiary/aromatic N) is 4. The van der Waals surface area contributed by atoms with Crippen LogP contribution >= 0.6 is 24.0 Å². The molecular weight excluding hydrogens is 473 g/mol. The molecule has 0 radical (unpaired) electrons. The van der Waals surface area contributed by atoms with E-state index >= 15 is 0 Å². The third-order valence-corrected chi connectivity index (χ3v) is 5.16. The zero-order chi connectivity index (χ0) is 19.1. The summed E-state index contributed by atoms with van der Waals surface area (Å²) in [6, 6.07) is 0.263. The number of nitrogens with one attached hydrogen (secondary N) is 3. The molecule has 2 aliphatic rings. The molecule has 3 rings (SSSR count). The van der Waals surface area contributed by atoms with Crippen LogP contribution < -0.4 is 16.0 Å². The number of aryl methyl sites for hydroxylation is 1. The molecule has 1 aliphatic heterocycles. The van der Waals surface area contributed by atoms with Gasteiger partial charge in [-0.2, -0.15) is 5.10 Å². The summed E-state index contributed by atoms with van der Waals surface area (Å²) >= 11 is 0. The molecular formula is C18H32IN7O2. The van der Waals surface area contributed by atoms with E-state index in [0.717, 1.165) is 62.8 Å². The van der Waals surface area contributed by atoms with E-state index in [0.29, 0.717) is 13.2 Å². The van der Waals surface area contributed by atoms with Gasteiger partial charge < -0.3 is 20.7 Å². The third kappa shape index (κ3) is 6.29. The zero-order valence-electron chi connectivity index (χ0n) is 16.7. The second-order valence-electron chi connectivity index (χ2n) is 7.21. The number of carbonyl (C=O) groups is 1. The first-order valence-electron chi connectivity index (χ1n) is 9.86.